The average molecular weight is 699 g/mol. The summed E-state index contributed by atoms with van der Waals surface area (Å²) in [6, 6.07) is 42.1. The molecule has 3 heteroatoms. The molecule has 0 amide bonds. The van der Waals surface area contributed by atoms with Crippen molar-refractivity contribution in [1.29, 1.82) is 0 Å². The number of hydrogen-bond acceptors (Lipinski definition) is 0. The van der Waals surface area contributed by atoms with E-state index in [9.17, 15) is 0 Å². The van der Waals surface area contributed by atoms with E-state index in [-0.39, 0.29) is 36.8 Å². The van der Waals surface area contributed by atoms with Crippen LogP contribution in [0.25, 0.3) is 16.9 Å². The number of rotatable bonds is 3. The van der Waals surface area contributed by atoms with E-state index in [1.807, 2.05) is 12.1 Å². The van der Waals surface area contributed by atoms with Crippen LogP contribution in [0.1, 0.15) is 87.0 Å². The molecule has 4 saturated carbocycles. The molecule has 1 radical (unpaired) electrons. The van der Waals surface area contributed by atoms with Gasteiger partial charge >= 0.3 is 21.7 Å². The summed E-state index contributed by atoms with van der Waals surface area (Å²) in [6.45, 7) is 16.0. The minimum Gasteiger partial charge on any atom is -0.672 e. The van der Waals surface area contributed by atoms with E-state index in [4.69, 9.17) is 5.73 Å². The van der Waals surface area contributed by atoms with Crippen molar-refractivity contribution in [2.75, 3.05) is 0 Å². The fourth-order valence-electron chi connectivity index (χ4n) is 10.0. The summed E-state index contributed by atoms with van der Waals surface area (Å²) in [5.74, 6) is 0.560. The van der Waals surface area contributed by atoms with E-state index in [0.717, 1.165) is 0 Å². The third-order valence-electron chi connectivity index (χ3n) is 10.9. The number of benzene rings is 4. The molecule has 1 atom stereocenters. The van der Waals surface area contributed by atoms with Crippen molar-refractivity contribution in [3.05, 3.63) is 150 Å². The van der Waals surface area contributed by atoms with Crippen LogP contribution in [0.5, 0.6) is 0 Å². The molecule has 253 valence electrons. The zero-order valence-corrected chi connectivity index (χ0v) is 33.7. The molecule has 0 spiro atoms. The third kappa shape index (κ3) is 10.6. The van der Waals surface area contributed by atoms with Crippen LogP contribution in [0.4, 0.5) is 0 Å². The van der Waals surface area contributed by atoms with Gasteiger partial charge in [0, 0.05) is 0 Å². The zero-order chi connectivity index (χ0) is 34.4. The van der Waals surface area contributed by atoms with E-state index >= 15 is 0 Å². The molecule has 1 nitrogen and oxygen atoms in total. The summed E-state index contributed by atoms with van der Waals surface area (Å²) < 4.78 is 0. The van der Waals surface area contributed by atoms with Gasteiger partial charge in [0.1, 0.15) is 9.52 Å². The third-order valence-corrected chi connectivity index (χ3v) is 12.3. The van der Waals surface area contributed by atoms with Crippen molar-refractivity contribution in [3.8, 4) is 11.1 Å². The summed E-state index contributed by atoms with van der Waals surface area (Å²) in [7, 11) is 0.271. The molecule has 0 aromatic heterocycles. The maximum atomic E-state index is 8.59. The van der Waals surface area contributed by atoms with Crippen LogP contribution in [0.15, 0.2) is 138 Å². The Kier molecular flexibility index (Phi) is 13.2. The Morgan fingerprint density at radius 2 is 0.878 bits per heavy atom. The first-order chi connectivity index (χ1) is 22.8. The molecule has 1 N–H and O–H groups in total. The SMILES string of the molecule is CC12CC3(C)CC(C)(C1)CC([NH-])(C2)C3.CC1=[C-]C(C)C(C)=C1C.[Ti+2].c1ccc(-c2ccccc2)cc1.c1ccc([SiH]c2ccccc2)cc1. The molecular formula is C46H56NSiTi. The van der Waals surface area contributed by atoms with Gasteiger partial charge in [-0.3, -0.25) is 6.08 Å². The molecule has 4 aromatic rings. The Morgan fingerprint density at radius 1 is 0.551 bits per heavy atom. The zero-order valence-electron chi connectivity index (χ0n) is 30.9. The van der Waals surface area contributed by atoms with Gasteiger partial charge in [-0.15, -0.1) is 12.5 Å². The van der Waals surface area contributed by atoms with Gasteiger partial charge in [-0.2, -0.15) is 11.1 Å². The van der Waals surface area contributed by atoms with Crippen molar-refractivity contribution in [2.45, 2.75) is 92.5 Å². The van der Waals surface area contributed by atoms with Crippen LogP contribution < -0.4 is 10.4 Å². The second-order valence-corrected chi connectivity index (χ2v) is 17.9. The largest absolute Gasteiger partial charge is 2.00 e. The molecule has 5 aliphatic carbocycles. The molecular weight excluding hydrogens is 642 g/mol. The predicted molar refractivity (Wildman–Crippen MR) is 210 cm³/mol. The summed E-state index contributed by atoms with van der Waals surface area (Å²) in [5.41, 5.74) is 16.8. The maximum Gasteiger partial charge on any atom is 2.00 e. The molecule has 5 aliphatic rings. The van der Waals surface area contributed by atoms with E-state index in [2.05, 4.69) is 164 Å². The first kappa shape index (κ1) is 39.0. The minimum atomic E-state index is -0.0625. The Balaban J connectivity index is 0.000000148. The maximum absolute atomic E-state index is 8.59. The van der Waals surface area contributed by atoms with Gasteiger partial charge in [-0.05, 0) is 46.6 Å². The second-order valence-electron chi connectivity index (χ2n) is 16.3. The van der Waals surface area contributed by atoms with Gasteiger partial charge < -0.3 is 5.73 Å². The molecule has 49 heavy (non-hydrogen) atoms. The van der Waals surface area contributed by atoms with Crippen LogP contribution in [-0.2, 0) is 21.7 Å². The Labute approximate surface area is 315 Å². The summed E-state index contributed by atoms with van der Waals surface area (Å²) in [4.78, 5) is 0. The normalized spacial score (nSPS) is 28.8. The standard InChI is InChI=1S/C13H22N.C12H11Si.C12H10.C9H13.Ti/c1-10-4-11(2)6-12(3,5-10)9-13(14,7-10)8-11;1-3-7-11(8-4-1)13-12-9-5-2-6-10-12;1-3-7-11(8-4-1)12-9-5-2-6-10-12;1-6-5-7(2)9(4)8(6)3;/h14H,4-9H2,1-3H3;1-10,13H;1-10H;6H,1-4H3;/q-1;;;-1;+2. The monoisotopic (exact) mass is 698 g/mol. The molecule has 0 aliphatic heterocycles. The van der Waals surface area contributed by atoms with Gasteiger partial charge in [0.25, 0.3) is 0 Å². The van der Waals surface area contributed by atoms with Crippen LogP contribution in [0.2, 0.25) is 0 Å². The first-order valence-corrected chi connectivity index (χ1v) is 19.0. The molecule has 0 saturated heterocycles. The van der Waals surface area contributed by atoms with Gasteiger partial charge in [0.2, 0.25) is 0 Å². The smallest absolute Gasteiger partial charge is 0.672 e. The van der Waals surface area contributed by atoms with Crippen molar-refractivity contribution in [3.63, 3.8) is 0 Å². The Bertz CT molecular complexity index is 1510. The average Bonchev–Trinajstić information content (AvgIpc) is 3.25. The fraction of sp³-hybridized carbons (Fsp3) is 0.391. The molecule has 0 heterocycles. The van der Waals surface area contributed by atoms with Crippen LogP contribution in [0.3, 0.4) is 0 Å². The molecule has 4 bridgehead atoms. The molecule has 1 unspecified atom stereocenters. The van der Waals surface area contributed by atoms with E-state index in [1.165, 1.54) is 76.7 Å². The molecule has 4 aromatic carbocycles. The summed E-state index contributed by atoms with van der Waals surface area (Å²) in [6.07, 6.45) is 11.0. The van der Waals surface area contributed by atoms with Crippen molar-refractivity contribution < 1.29 is 21.7 Å². The molecule has 9 rings (SSSR count). The number of allylic oxidation sites excluding steroid dienone is 4. The number of hydrogen-bond donors (Lipinski definition) is 0. The first-order valence-electron chi connectivity index (χ1n) is 17.9. The quantitative estimate of drug-likeness (QED) is 0.150. The van der Waals surface area contributed by atoms with Gasteiger partial charge in [-0.1, -0.05) is 198 Å². The second kappa shape index (κ2) is 16.5. The summed E-state index contributed by atoms with van der Waals surface area (Å²) >= 11 is 0. The topological polar surface area (TPSA) is 23.8 Å². The van der Waals surface area contributed by atoms with E-state index < -0.39 is 0 Å². The number of nitrogens with one attached hydrogen (secondary N) is 1. The van der Waals surface area contributed by atoms with Crippen molar-refractivity contribution in [2.24, 2.45) is 22.2 Å². The van der Waals surface area contributed by atoms with Gasteiger partial charge in [-0.25, -0.2) is 5.57 Å². The molecule has 4 fully saturated rings. The van der Waals surface area contributed by atoms with Gasteiger partial charge in [0.15, 0.2) is 0 Å². The van der Waals surface area contributed by atoms with Crippen molar-refractivity contribution in [1.82, 2.24) is 0 Å². The fourth-order valence-corrected chi connectivity index (χ4v) is 11.2. The summed E-state index contributed by atoms with van der Waals surface area (Å²) in [5, 5.41) is 2.90. The van der Waals surface area contributed by atoms with Crippen LogP contribution in [-0.4, -0.2) is 15.1 Å². The predicted octanol–water partition coefficient (Wildman–Crippen LogP) is 11.3. The Hall–Kier alpha value is -2.75. The minimum absolute atomic E-state index is 0. The van der Waals surface area contributed by atoms with E-state index in [0.29, 0.717) is 22.2 Å². The van der Waals surface area contributed by atoms with Gasteiger partial charge in [0.05, 0.1) is 0 Å². The van der Waals surface area contributed by atoms with Crippen molar-refractivity contribution >= 4 is 19.9 Å². The Morgan fingerprint density at radius 3 is 1.12 bits per heavy atom. The van der Waals surface area contributed by atoms with E-state index in [1.54, 1.807) is 0 Å². The van der Waals surface area contributed by atoms with Crippen LogP contribution >= 0.6 is 0 Å². The van der Waals surface area contributed by atoms with Crippen LogP contribution in [0, 0.1) is 28.2 Å².